The van der Waals surface area contributed by atoms with Gasteiger partial charge in [-0.05, 0) is 43.2 Å². The zero-order valence-corrected chi connectivity index (χ0v) is 13.5. The molecule has 0 saturated heterocycles. The molecule has 0 aliphatic rings. The first-order valence-corrected chi connectivity index (χ1v) is 7.30. The molecule has 1 nitrogen and oxygen atoms in total. The van der Waals surface area contributed by atoms with E-state index in [1.165, 1.54) is 5.56 Å². The molecule has 0 aromatic heterocycles. The molecule has 19 heavy (non-hydrogen) atoms. The second-order valence-corrected chi connectivity index (χ2v) is 5.96. The number of hydrogen-bond donors (Lipinski definition) is 0. The molecule has 2 rings (SSSR count). The number of aryl methyl sites for hydroxylation is 2. The maximum Gasteiger partial charge on any atom is 0.123 e. The van der Waals surface area contributed by atoms with Crippen LogP contribution in [0.1, 0.15) is 27.6 Å². The first-order valence-electron chi connectivity index (χ1n) is 6.07. The van der Waals surface area contributed by atoms with E-state index in [0.717, 1.165) is 26.9 Å². The van der Waals surface area contributed by atoms with E-state index in [4.69, 9.17) is 16.3 Å². The van der Waals surface area contributed by atoms with E-state index in [9.17, 15) is 0 Å². The highest BCUT2D eigenvalue weighted by Gasteiger charge is 2.17. The van der Waals surface area contributed by atoms with Crippen molar-refractivity contribution in [3.8, 4) is 5.75 Å². The molecule has 0 amide bonds. The van der Waals surface area contributed by atoms with Crippen LogP contribution in [0.5, 0.6) is 5.75 Å². The Morgan fingerprint density at radius 3 is 2.42 bits per heavy atom. The van der Waals surface area contributed by atoms with Crippen LogP contribution >= 0.6 is 27.5 Å². The van der Waals surface area contributed by atoms with Gasteiger partial charge in [-0.3, -0.25) is 0 Å². The predicted molar refractivity (Wildman–Crippen MR) is 84.3 cm³/mol. The van der Waals surface area contributed by atoms with Crippen LogP contribution in [0.4, 0.5) is 0 Å². The first-order chi connectivity index (χ1) is 9.02. The average Bonchev–Trinajstić information content (AvgIpc) is 2.38. The molecule has 0 aliphatic carbocycles. The van der Waals surface area contributed by atoms with Crippen molar-refractivity contribution >= 4 is 27.5 Å². The molecular weight excluding hydrogens is 324 g/mol. The summed E-state index contributed by atoms with van der Waals surface area (Å²) in [5, 5.41) is -0.206. The average molecular weight is 340 g/mol. The molecule has 0 N–H and O–H groups in total. The molecule has 0 bridgehead atoms. The zero-order valence-electron chi connectivity index (χ0n) is 11.2. The minimum atomic E-state index is -0.206. The summed E-state index contributed by atoms with van der Waals surface area (Å²) >= 11 is 10.1. The Kier molecular flexibility index (Phi) is 4.54. The molecule has 0 fully saturated rings. The van der Waals surface area contributed by atoms with Crippen molar-refractivity contribution < 1.29 is 4.74 Å². The minimum Gasteiger partial charge on any atom is -0.496 e. The van der Waals surface area contributed by atoms with Gasteiger partial charge in [-0.25, -0.2) is 0 Å². The lowest BCUT2D eigenvalue weighted by atomic mass is 9.98. The number of ether oxygens (including phenoxy) is 1. The summed E-state index contributed by atoms with van der Waals surface area (Å²) in [4.78, 5) is 0. The van der Waals surface area contributed by atoms with Gasteiger partial charge in [0.15, 0.2) is 0 Å². The lowest BCUT2D eigenvalue weighted by molar-refractivity contribution is 0.410. The Balaban J connectivity index is 2.49. The van der Waals surface area contributed by atoms with E-state index in [1.807, 2.05) is 18.2 Å². The fourth-order valence-corrected chi connectivity index (χ4v) is 3.03. The molecule has 0 heterocycles. The highest BCUT2D eigenvalue weighted by atomic mass is 79.9. The van der Waals surface area contributed by atoms with Crippen LogP contribution in [-0.2, 0) is 0 Å². The van der Waals surface area contributed by atoms with Gasteiger partial charge < -0.3 is 4.74 Å². The Labute approximate surface area is 127 Å². The molecule has 100 valence electrons. The van der Waals surface area contributed by atoms with Crippen LogP contribution in [-0.4, -0.2) is 7.11 Å². The maximum absolute atomic E-state index is 6.65. The number of hydrogen-bond acceptors (Lipinski definition) is 1. The first kappa shape index (κ1) is 14.4. The normalized spacial score (nSPS) is 12.3. The summed E-state index contributed by atoms with van der Waals surface area (Å²) < 4.78 is 6.48. The summed E-state index contributed by atoms with van der Waals surface area (Å²) in [6.07, 6.45) is 0. The lowest BCUT2D eigenvalue weighted by Crippen LogP contribution is -2.00. The predicted octanol–water partition coefficient (Wildman–Crippen LogP) is 5.40. The summed E-state index contributed by atoms with van der Waals surface area (Å²) in [6, 6.07) is 12.2. The van der Waals surface area contributed by atoms with Gasteiger partial charge in [0.25, 0.3) is 0 Å². The van der Waals surface area contributed by atoms with Crippen molar-refractivity contribution in [2.75, 3.05) is 7.11 Å². The minimum absolute atomic E-state index is 0.206. The molecular formula is C16H16BrClO. The number of halogens is 2. The standard InChI is InChI=1S/C16H16BrClO/c1-10-4-7-15(19-3)14(8-10)16(18)13-6-5-12(17)9-11(13)2/h4-9,16H,1-3H3. The highest BCUT2D eigenvalue weighted by Crippen LogP contribution is 2.37. The van der Waals surface area contributed by atoms with Crippen molar-refractivity contribution in [1.82, 2.24) is 0 Å². The Bertz CT molecular complexity index is 595. The number of methoxy groups -OCH3 is 1. The van der Waals surface area contributed by atoms with Gasteiger partial charge in [0.1, 0.15) is 5.75 Å². The second-order valence-electron chi connectivity index (χ2n) is 4.61. The van der Waals surface area contributed by atoms with E-state index in [2.05, 4.69) is 48.0 Å². The summed E-state index contributed by atoms with van der Waals surface area (Å²) in [5.74, 6) is 0.827. The lowest BCUT2D eigenvalue weighted by Gasteiger charge is -2.17. The van der Waals surface area contributed by atoms with Gasteiger partial charge in [0, 0.05) is 10.0 Å². The largest absolute Gasteiger partial charge is 0.496 e. The van der Waals surface area contributed by atoms with Crippen molar-refractivity contribution in [3.05, 3.63) is 63.1 Å². The van der Waals surface area contributed by atoms with Gasteiger partial charge >= 0.3 is 0 Å². The third-order valence-corrected chi connectivity index (χ3v) is 4.13. The van der Waals surface area contributed by atoms with Crippen LogP contribution < -0.4 is 4.74 Å². The van der Waals surface area contributed by atoms with E-state index >= 15 is 0 Å². The Morgan fingerprint density at radius 2 is 1.79 bits per heavy atom. The molecule has 1 atom stereocenters. The van der Waals surface area contributed by atoms with Crippen LogP contribution in [0, 0.1) is 13.8 Å². The summed E-state index contributed by atoms with van der Waals surface area (Å²) in [5.41, 5.74) is 4.46. The van der Waals surface area contributed by atoms with E-state index in [0.29, 0.717) is 0 Å². The van der Waals surface area contributed by atoms with Gasteiger partial charge in [-0.2, -0.15) is 0 Å². The third kappa shape index (κ3) is 3.13. The van der Waals surface area contributed by atoms with Crippen LogP contribution in [0.2, 0.25) is 0 Å². The van der Waals surface area contributed by atoms with Crippen LogP contribution in [0.15, 0.2) is 40.9 Å². The SMILES string of the molecule is COc1ccc(C)cc1C(Cl)c1ccc(Br)cc1C. The fraction of sp³-hybridized carbons (Fsp3) is 0.250. The Hall–Kier alpha value is -0.990. The molecule has 3 heteroatoms. The van der Waals surface area contributed by atoms with Gasteiger partial charge in [0.2, 0.25) is 0 Å². The topological polar surface area (TPSA) is 9.23 Å². The monoisotopic (exact) mass is 338 g/mol. The van der Waals surface area contributed by atoms with E-state index in [-0.39, 0.29) is 5.38 Å². The van der Waals surface area contributed by atoms with Gasteiger partial charge in [0.05, 0.1) is 12.5 Å². The van der Waals surface area contributed by atoms with E-state index < -0.39 is 0 Å². The third-order valence-electron chi connectivity index (χ3n) is 3.16. The molecule has 0 saturated carbocycles. The van der Waals surface area contributed by atoms with Gasteiger partial charge in [-0.15, -0.1) is 11.6 Å². The van der Waals surface area contributed by atoms with Crippen LogP contribution in [0.25, 0.3) is 0 Å². The Morgan fingerprint density at radius 1 is 1.05 bits per heavy atom. The van der Waals surface area contributed by atoms with Crippen molar-refractivity contribution in [2.45, 2.75) is 19.2 Å². The molecule has 2 aromatic rings. The summed E-state index contributed by atoms with van der Waals surface area (Å²) in [7, 11) is 1.67. The number of alkyl halides is 1. The molecule has 0 spiro atoms. The zero-order chi connectivity index (χ0) is 14.0. The van der Waals surface area contributed by atoms with E-state index in [1.54, 1.807) is 7.11 Å². The fourth-order valence-electron chi connectivity index (χ4n) is 2.14. The molecule has 0 radical (unpaired) electrons. The molecule has 0 aliphatic heterocycles. The summed E-state index contributed by atoms with van der Waals surface area (Å²) in [6.45, 7) is 4.12. The molecule has 1 unspecified atom stereocenters. The van der Waals surface area contributed by atoms with Crippen molar-refractivity contribution in [1.29, 1.82) is 0 Å². The molecule has 2 aromatic carbocycles. The van der Waals surface area contributed by atoms with Crippen LogP contribution in [0.3, 0.4) is 0 Å². The highest BCUT2D eigenvalue weighted by molar-refractivity contribution is 9.10. The van der Waals surface area contributed by atoms with Crippen molar-refractivity contribution in [2.24, 2.45) is 0 Å². The number of rotatable bonds is 3. The smallest absolute Gasteiger partial charge is 0.123 e. The van der Waals surface area contributed by atoms with Crippen molar-refractivity contribution in [3.63, 3.8) is 0 Å². The second kappa shape index (κ2) is 5.98. The quantitative estimate of drug-likeness (QED) is 0.680. The van der Waals surface area contributed by atoms with Gasteiger partial charge in [-0.1, -0.05) is 39.7 Å². The number of benzene rings is 2. The maximum atomic E-state index is 6.65.